The molecule has 1 saturated heterocycles. The Bertz CT molecular complexity index is 418. The van der Waals surface area contributed by atoms with Crippen molar-refractivity contribution in [3.05, 3.63) is 29.3 Å². The molecule has 84 valence electrons. The molecule has 1 aromatic carbocycles. The Kier molecular flexibility index (Phi) is 2.64. The Labute approximate surface area is 94.2 Å². The van der Waals surface area contributed by atoms with E-state index in [0.29, 0.717) is 0 Å². The minimum atomic E-state index is -0.237. The summed E-state index contributed by atoms with van der Waals surface area (Å²) >= 11 is 0. The van der Waals surface area contributed by atoms with Crippen LogP contribution in [0, 0.1) is 13.8 Å². The fourth-order valence-corrected chi connectivity index (χ4v) is 2.10. The number of nitrogens with zero attached hydrogens (tertiary/aromatic N) is 1. The largest absolute Gasteiger partial charge is 0.352 e. The van der Waals surface area contributed by atoms with Gasteiger partial charge in [-0.1, -0.05) is 18.2 Å². The van der Waals surface area contributed by atoms with E-state index in [1.807, 2.05) is 36.9 Å². The number of carbonyl (C=O) groups excluding carboxylic acids is 2. The molecule has 2 amide bonds. The molecule has 16 heavy (non-hydrogen) atoms. The molecule has 0 aliphatic carbocycles. The summed E-state index contributed by atoms with van der Waals surface area (Å²) in [5.41, 5.74) is 3.16. The van der Waals surface area contributed by atoms with E-state index in [4.69, 9.17) is 0 Å². The molecule has 0 unspecified atom stereocenters. The SMILES string of the molecule is Cc1cccc(C)c1N1CC(=O)NC(=O)C1. The zero-order valence-electron chi connectivity index (χ0n) is 9.41. The molecule has 1 aromatic rings. The fourth-order valence-electron chi connectivity index (χ4n) is 2.10. The molecule has 0 radical (unpaired) electrons. The molecule has 1 heterocycles. The smallest absolute Gasteiger partial charge is 0.246 e. The average molecular weight is 218 g/mol. The number of benzene rings is 1. The van der Waals surface area contributed by atoms with Crippen LogP contribution in [0.1, 0.15) is 11.1 Å². The van der Waals surface area contributed by atoms with Crippen molar-refractivity contribution in [3.63, 3.8) is 0 Å². The molecule has 1 aliphatic rings. The Morgan fingerprint density at radius 1 is 1.06 bits per heavy atom. The number of amides is 2. The predicted octanol–water partition coefficient (Wildman–Crippen LogP) is 0.766. The van der Waals surface area contributed by atoms with Gasteiger partial charge in [-0.2, -0.15) is 0 Å². The lowest BCUT2D eigenvalue weighted by molar-refractivity contribution is -0.130. The van der Waals surface area contributed by atoms with Crippen molar-refractivity contribution in [2.75, 3.05) is 18.0 Å². The van der Waals surface area contributed by atoms with Crippen molar-refractivity contribution >= 4 is 17.5 Å². The summed E-state index contributed by atoms with van der Waals surface area (Å²) in [5.74, 6) is -0.474. The molecule has 4 heteroatoms. The van der Waals surface area contributed by atoms with Crippen molar-refractivity contribution in [2.45, 2.75) is 13.8 Å². The number of rotatable bonds is 1. The fraction of sp³-hybridized carbons (Fsp3) is 0.333. The highest BCUT2D eigenvalue weighted by atomic mass is 16.2. The maximum atomic E-state index is 11.3. The maximum absolute atomic E-state index is 11.3. The van der Waals surface area contributed by atoms with E-state index in [1.54, 1.807) is 0 Å². The van der Waals surface area contributed by atoms with Gasteiger partial charge in [-0.15, -0.1) is 0 Å². The number of hydrogen-bond acceptors (Lipinski definition) is 3. The minimum absolute atomic E-state index is 0.237. The van der Waals surface area contributed by atoms with Crippen molar-refractivity contribution in [2.24, 2.45) is 0 Å². The molecule has 4 nitrogen and oxygen atoms in total. The van der Waals surface area contributed by atoms with E-state index in [9.17, 15) is 9.59 Å². The highest BCUT2D eigenvalue weighted by Gasteiger charge is 2.24. The summed E-state index contributed by atoms with van der Waals surface area (Å²) in [7, 11) is 0. The Balaban J connectivity index is 2.36. The predicted molar refractivity (Wildman–Crippen MR) is 61.3 cm³/mol. The average Bonchev–Trinajstić information content (AvgIpc) is 2.15. The summed E-state index contributed by atoms with van der Waals surface area (Å²) in [5, 5.41) is 2.30. The highest BCUT2D eigenvalue weighted by Crippen LogP contribution is 2.24. The monoisotopic (exact) mass is 218 g/mol. The minimum Gasteiger partial charge on any atom is -0.352 e. The van der Waals surface area contributed by atoms with Gasteiger partial charge < -0.3 is 4.90 Å². The normalized spacial score (nSPS) is 16.2. The van der Waals surface area contributed by atoms with Crippen molar-refractivity contribution in [1.82, 2.24) is 5.32 Å². The quantitative estimate of drug-likeness (QED) is 0.708. The van der Waals surface area contributed by atoms with Gasteiger partial charge in [0.2, 0.25) is 11.8 Å². The topological polar surface area (TPSA) is 49.4 Å². The van der Waals surface area contributed by atoms with Gasteiger partial charge in [-0.05, 0) is 25.0 Å². The Morgan fingerprint density at radius 2 is 1.56 bits per heavy atom. The molecule has 1 fully saturated rings. The summed E-state index contributed by atoms with van der Waals surface area (Å²) < 4.78 is 0. The number of nitrogens with one attached hydrogen (secondary N) is 1. The lowest BCUT2D eigenvalue weighted by atomic mass is 10.1. The molecular formula is C12H14N2O2. The van der Waals surface area contributed by atoms with E-state index >= 15 is 0 Å². The standard InChI is InChI=1S/C12H14N2O2/c1-8-4-3-5-9(2)12(8)14-6-10(15)13-11(16)7-14/h3-5H,6-7H2,1-2H3,(H,13,15,16). The number of carbonyl (C=O) groups is 2. The first-order valence-corrected chi connectivity index (χ1v) is 5.22. The van der Waals surface area contributed by atoms with E-state index in [-0.39, 0.29) is 24.9 Å². The molecule has 0 atom stereocenters. The van der Waals surface area contributed by atoms with E-state index in [2.05, 4.69) is 5.32 Å². The zero-order chi connectivity index (χ0) is 11.7. The van der Waals surface area contributed by atoms with E-state index in [1.165, 1.54) is 0 Å². The van der Waals surface area contributed by atoms with Gasteiger partial charge >= 0.3 is 0 Å². The Morgan fingerprint density at radius 3 is 2.06 bits per heavy atom. The van der Waals surface area contributed by atoms with Crippen LogP contribution in [0.4, 0.5) is 5.69 Å². The second-order valence-electron chi connectivity index (χ2n) is 4.07. The first kappa shape index (κ1) is 10.7. The van der Waals surface area contributed by atoms with Gasteiger partial charge in [0, 0.05) is 5.69 Å². The molecule has 1 aliphatic heterocycles. The molecule has 1 N–H and O–H groups in total. The zero-order valence-corrected chi connectivity index (χ0v) is 9.41. The lowest BCUT2D eigenvalue weighted by Gasteiger charge is -2.30. The molecule has 0 spiro atoms. The third-order valence-corrected chi connectivity index (χ3v) is 2.70. The van der Waals surface area contributed by atoms with Gasteiger partial charge in [0.1, 0.15) is 0 Å². The summed E-state index contributed by atoms with van der Waals surface area (Å²) in [6.07, 6.45) is 0. The number of hydrogen-bond donors (Lipinski definition) is 1. The van der Waals surface area contributed by atoms with E-state index < -0.39 is 0 Å². The van der Waals surface area contributed by atoms with Crippen LogP contribution in [-0.2, 0) is 9.59 Å². The number of para-hydroxylation sites is 1. The van der Waals surface area contributed by atoms with Crippen molar-refractivity contribution in [3.8, 4) is 0 Å². The van der Waals surface area contributed by atoms with Crippen LogP contribution in [0.2, 0.25) is 0 Å². The molecular weight excluding hydrogens is 204 g/mol. The molecule has 0 bridgehead atoms. The van der Waals surface area contributed by atoms with Crippen molar-refractivity contribution in [1.29, 1.82) is 0 Å². The van der Waals surface area contributed by atoms with Crippen LogP contribution in [0.5, 0.6) is 0 Å². The molecule has 0 aromatic heterocycles. The van der Waals surface area contributed by atoms with Crippen LogP contribution in [0.3, 0.4) is 0 Å². The number of anilines is 1. The van der Waals surface area contributed by atoms with Crippen LogP contribution >= 0.6 is 0 Å². The van der Waals surface area contributed by atoms with Gasteiger partial charge in [-0.3, -0.25) is 14.9 Å². The van der Waals surface area contributed by atoms with Gasteiger partial charge in [0.15, 0.2) is 0 Å². The lowest BCUT2D eigenvalue weighted by Crippen LogP contribution is -2.51. The second-order valence-corrected chi connectivity index (χ2v) is 4.07. The number of aryl methyl sites for hydroxylation is 2. The van der Waals surface area contributed by atoms with Crippen molar-refractivity contribution < 1.29 is 9.59 Å². The van der Waals surface area contributed by atoms with Crippen LogP contribution in [-0.4, -0.2) is 24.9 Å². The van der Waals surface area contributed by atoms with Crippen LogP contribution < -0.4 is 10.2 Å². The second kappa shape index (κ2) is 3.96. The van der Waals surface area contributed by atoms with Gasteiger partial charge in [-0.25, -0.2) is 0 Å². The van der Waals surface area contributed by atoms with Crippen LogP contribution in [0.25, 0.3) is 0 Å². The summed E-state index contributed by atoms with van der Waals surface area (Å²) in [6, 6.07) is 5.94. The van der Waals surface area contributed by atoms with Gasteiger partial charge in [0.05, 0.1) is 13.1 Å². The first-order valence-electron chi connectivity index (χ1n) is 5.22. The molecule has 2 rings (SSSR count). The maximum Gasteiger partial charge on any atom is 0.246 e. The number of imide groups is 1. The first-order chi connectivity index (χ1) is 7.58. The van der Waals surface area contributed by atoms with Gasteiger partial charge in [0.25, 0.3) is 0 Å². The van der Waals surface area contributed by atoms with E-state index in [0.717, 1.165) is 16.8 Å². The Hall–Kier alpha value is -1.84. The van der Waals surface area contributed by atoms with Crippen LogP contribution in [0.15, 0.2) is 18.2 Å². The number of piperazine rings is 1. The highest BCUT2D eigenvalue weighted by molar-refractivity contribution is 6.02. The third-order valence-electron chi connectivity index (χ3n) is 2.70. The third kappa shape index (κ3) is 1.91. The molecule has 0 saturated carbocycles. The summed E-state index contributed by atoms with van der Waals surface area (Å²) in [6.45, 7) is 4.47. The summed E-state index contributed by atoms with van der Waals surface area (Å²) in [4.78, 5) is 24.4.